The molecule has 0 aliphatic rings. The number of nitrogens with one attached hydrogen (secondary N) is 3. The third kappa shape index (κ3) is 10.3. The Kier molecular flexibility index (Phi) is 15.8. The molecule has 0 aromatic carbocycles. The van der Waals surface area contributed by atoms with Gasteiger partial charge in [0.1, 0.15) is 0 Å². The van der Waals surface area contributed by atoms with Crippen molar-refractivity contribution in [2.45, 2.75) is 0 Å². The third-order valence-electron chi connectivity index (χ3n) is 0.881. The fourth-order valence-electron chi connectivity index (χ4n) is 0.440. The monoisotopic (exact) mass is 261 g/mol. The Labute approximate surface area is 88.3 Å². The summed E-state index contributed by atoms with van der Waals surface area (Å²) in [6, 6.07) is 0. The van der Waals surface area contributed by atoms with Crippen LogP contribution in [0, 0.1) is 0 Å². The number of aliphatic hydroxyl groups is 3. The standard InChI is InChI=1S/3C2H6NO.Cu.H2O/c3*3-1-2-4;;/h3*3-4H,1-2H2;;1H2/q3*-1;+3;. The molecule has 0 saturated carbocycles. The minimum atomic E-state index is -0.388. The van der Waals surface area contributed by atoms with Crippen LogP contribution in [0.1, 0.15) is 0 Å². The van der Waals surface area contributed by atoms with Gasteiger partial charge >= 0.3 is 82.3 Å². The van der Waals surface area contributed by atoms with Crippen LogP contribution >= 0.6 is 0 Å². The number of hydrogen-bond donors (Lipinski definition) is 6. The minimum absolute atomic E-state index is 0. The van der Waals surface area contributed by atoms with Gasteiger partial charge in [0.15, 0.2) is 0 Å². The summed E-state index contributed by atoms with van der Waals surface area (Å²) in [6.07, 6.45) is 0. The van der Waals surface area contributed by atoms with Crippen molar-refractivity contribution in [3.8, 4) is 0 Å². The Morgan fingerprint density at radius 3 is 1.21 bits per heavy atom. The van der Waals surface area contributed by atoms with E-state index in [1.165, 1.54) is 0 Å². The van der Waals surface area contributed by atoms with Gasteiger partial charge in [0.25, 0.3) is 0 Å². The van der Waals surface area contributed by atoms with Crippen molar-refractivity contribution in [3.63, 3.8) is 0 Å². The molecule has 8 heteroatoms. The molecule has 0 unspecified atom stereocenters. The van der Waals surface area contributed by atoms with E-state index in [-0.39, 0.29) is 39.9 Å². The fraction of sp³-hybridized carbons (Fsp3) is 1.00. The van der Waals surface area contributed by atoms with Crippen molar-refractivity contribution < 1.29 is 35.4 Å². The summed E-state index contributed by atoms with van der Waals surface area (Å²) >= 11 is -0.388. The SMILES string of the molecule is O.OCC[NH][Cu]([NH]CCO)[NH]CCO. The van der Waals surface area contributed by atoms with E-state index in [2.05, 4.69) is 13.0 Å². The van der Waals surface area contributed by atoms with Gasteiger partial charge in [-0.15, -0.1) is 0 Å². The molecule has 0 aliphatic heterocycles. The van der Waals surface area contributed by atoms with Gasteiger partial charge in [-0.25, -0.2) is 0 Å². The van der Waals surface area contributed by atoms with Crippen LogP contribution in [0.2, 0.25) is 0 Å². The van der Waals surface area contributed by atoms with Crippen LogP contribution in [0.15, 0.2) is 0 Å². The van der Waals surface area contributed by atoms with E-state index in [0.717, 1.165) is 0 Å². The predicted octanol–water partition coefficient (Wildman–Crippen LogP) is -3.73. The normalized spacial score (nSPS) is 10.9. The van der Waals surface area contributed by atoms with E-state index in [0.29, 0.717) is 19.6 Å². The second kappa shape index (κ2) is 13.2. The van der Waals surface area contributed by atoms with Gasteiger partial charge in [-0.2, -0.15) is 0 Å². The molecular weight excluding hydrogens is 242 g/mol. The molecule has 0 aromatic rings. The van der Waals surface area contributed by atoms with Crippen molar-refractivity contribution in [3.05, 3.63) is 0 Å². The Morgan fingerprint density at radius 2 is 1.00 bits per heavy atom. The first-order valence-corrected chi connectivity index (χ1v) is 5.37. The van der Waals surface area contributed by atoms with Crippen LogP contribution in [0.4, 0.5) is 0 Å². The Bertz CT molecular complexity index is 92.1. The fourth-order valence-corrected chi connectivity index (χ4v) is 1.82. The molecule has 0 atom stereocenters. The summed E-state index contributed by atoms with van der Waals surface area (Å²) in [5, 5.41) is 25.7. The summed E-state index contributed by atoms with van der Waals surface area (Å²) in [6.45, 7) is 1.58. The predicted molar refractivity (Wildman–Crippen MR) is 48.9 cm³/mol. The average molecular weight is 262 g/mol. The van der Waals surface area contributed by atoms with E-state index in [9.17, 15) is 0 Å². The average Bonchev–Trinajstić information content (AvgIpc) is 2.17. The van der Waals surface area contributed by atoms with E-state index in [4.69, 9.17) is 15.3 Å². The molecule has 0 aromatic heterocycles. The van der Waals surface area contributed by atoms with Gasteiger partial charge in [-0.3, -0.25) is 0 Å². The first-order valence-electron chi connectivity index (χ1n) is 3.96. The molecule has 0 spiro atoms. The molecule has 0 fully saturated rings. The van der Waals surface area contributed by atoms with Crippen molar-refractivity contribution in [1.29, 1.82) is 0 Å². The third-order valence-corrected chi connectivity index (χ3v) is 2.59. The second-order valence-corrected chi connectivity index (χ2v) is 3.67. The topological polar surface area (TPSA) is 128 Å². The molecule has 0 aliphatic carbocycles. The van der Waals surface area contributed by atoms with Crippen LogP contribution in [0.5, 0.6) is 0 Å². The van der Waals surface area contributed by atoms with Gasteiger partial charge < -0.3 is 5.48 Å². The first-order chi connectivity index (χ1) is 6.35. The van der Waals surface area contributed by atoms with Crippen molar-refractivity contribution in [2.24, 2.45) is 0 Å². The molecule has 0 rings (SSSR count). The molecule has 0 radical (unpaired) electrons. The Hall–Kier alpha value is 0.239. The van der Waals surface area contributed by atoms with E-state index in [1.54, 1.807) is 0 Å². The molecule has 14 heavy (non-hydrogen) atoms. The molecule has 7 nitrogen and oxygen atoms in total. The van der Waals surface area contributed by atoms with Crippen LogP contribution in [0.3, 0.4) is 0 Å². The summed E-state index contributed by atoms with van der Waals surface area (Å²) in [5.74, 6) is 0. The Morgan fingerprint density at radius 1 is 0.714 bits per heavy atom. The molecular formula is C6H20CuN3O4. The zero-order chi connectivity index (χ0) is 9.94. The summed E-state index contributed by atoms with van der Waals surface area (Å²) in [7, 11) is 0. The number of hydrogen-bond acceptors (Lipinski definition) is 6. The number of rotatable bonds is 9. The van der Waals surface area contributed by atoms with Gasteiger partial charge in [-0.05, 0) is 0 Å². The van der Waals surface area contributed by atoms with E-state index < -0.39 is 0 Å². The van der Waals surface area contributed by atoms with Crippen molar-refractivity contribution in [2.75, 3.05) is 39.5 Å². The first kappa shape index (κ1) is 16.7. The molecule has 8 N–H and O–H groups in total. The molecule has 0 saturated heterocycles. The Balaban J connectivity index is 0. The molecule has 0 amide bonds. The number of aliphatic hydroxyl groups excluding tert-OH is 3. The van der Waals surface area contributed by atoms with Gasteiger partial charge in [0, 0.05) is 0 Å². The molecule has 0 heterocycles. The van der Waals surface area contributed by atoms with Crippen molar-refractivity contribution in [1.82, 2.24) is 13.0 Å². The van der Waals surface area contributed by atoms with Gasteiger partial charge in [0.05, 0.1) is 0 Å². The van der Waals surface area contributed by atoms with E-state index >= 15 is 0 Å². The summed E-state index contributed by atoms with van der Waals surface area (Å²) < 4.78 is 8.90. The molecule has 0 bridgehead atoms. The summed E-state index contributed by atoms with van der Waals surface area (Å²) in [5.41, 5.74) is 0. The van der Waals surface area contributed by atoms with Crippen LogP contribution in [-0.2, 0) is 14.6 Å². The summed E-state index contributed by atoms with van der Waals surface area (Å²) in [4.78, 5) is 0. The zero-order valence-corrected chi connectivity index (χ0v) is 8.83. The van der Waals surface area contributed by atoms with E-state index in [1.807, 2.05) is 0 Å². The maximum atomic E-state index is 8.55. The van der Waals surface area contributed by atoms with Gasteiger partial charge in [-0.1, -0.05) is 0 Å². The van der Waals surface area contributed by atoms with Crippen LogP contribution < -0.4 is 13.0 Å². The second-order valence-electron chi connectivity index (χ2n) is 1.97. The quantitative estimate of drug-likeness (QED) is 0.237. The van der Waals surface area contributed by atoms with Crippen molar-refractivity contribution >= 4 is 0 Å². The van der Waals surface area contributed by atoms with Crippen LogP contribution in [0.25, 0.3) is 0 Å². The maximum absolute atomic E-state index is 8.55. The zero-order valence-electron chi connectivity index (χ0n) is 7.89. The van der Waals surface area contributed by atoms with Crippen LogP contribution in [-0.4, -0.2) is 60.3 Å². The molecule has 94 valence electrons. The van der Waals surface area contributed by atoms with Gasteiger partial charge in [0.2, 0.25) is 0 Å².